The Bertz CT molecular complexity index is 558. The smallest absolute Gasteiger partial charge is 0.127 e. The SMILES string of the molecule is CN1CCN(Cc2ccccc2)C(c2ccccc2)C1O. The Balaban J connectivity index is 1.86. The molecular formula is C18H22N2O. The second-order valence-electron chi connectivity index (χ2n) is 5.71. The first kappa shape index (κ1) is 14.3. The number of aliphatic hydroxyl groups excluding tert-OH is 1. The fraction of sp³-hybridized carbons (Fsp3) is 0.333. The van der Waals surface area contributed by atoms with Crippen LogP contribution in [0.25, 0.3) is 0 Å². The van der Waals surface area contributed by atoms with Crippen LogP contribution in [-0.2, 0) is 6.54 Å². The van der Waals surface area contributed by atoms with Gasteiger partial charge in [-0.3, -0.25) is 9.80 Å². The summed E-state index contributed by atoms with van der Waals surface area (Å²) in [6, 6.07) is 20.8. The molecule has 1 N–H and O–H groups in total. The molecule has 3 heteroatoms. The first-order valence-corrected chi connectivity index (χ1v) is 7.47. The Morgan fingerprint density at radius 3 is 2.24 bits per heavy atom. The zero-order valence-electron chi connectivity index (χ0n) is 12.4. The molecule has 0 saturated carbocycles. The highest BCUT2D eigenvalue weighted by molar-refractivity contribution is 5.22. The Labute approximate surface area is 126 Å². The van der Waals surface area contributed by atoms with E-state index in [1.54, 1.807) is 0 Å². The van der Waals surface area contributed by atoms with Crippen molar-refractivity contribution in [1.82, 2.24) is 9.80 Å². The minimum atomic E-state index is -0.468. The van der Waals surface area contributed by atoms with Gasteiger partial charge in [-0.25, -0.2) is 0 Å². The molecule has 0 aromatic heterocycles. The molecule has 3 rings (SSSR count). The van der Waals surface area contributed by atoms with Crippen molar-refractivity contribution >= 4 is 0 Å². The van der Waals surface area contributed by atoms with Crippen molar-refractivity contribution in [2.75, 3.05) is 20.1 Å². The number of hydrogen-bond acceptors (Lipinski definition) is 3. The quantitative estimate of drug-likeness (QED) is 0.937. The lowest BCUT2D eigenvalue weighted by molar-refractivity contribution is -0.0901. The van der Waals surface area contributed by atoms with Crippen molar-refractivity contribution in [3.05, 3.63) is 71.8 Å². The molecule has 2 atom stereocenters. The number of nitrogens with zero attached hydrogens (tertiary/aromatic N) is 2. The van der Waals surface area contributed by atoms with Crippen LogP contribution in [-0.4, -0.2) is 41.3 Å². The molecule has 2 unspecified atom stereocenters. The number of benzene rings is 2. The van der Waals surface area contributed by atoms with E-state index in [2.05, 4.69) is 41.3 Å². The van der Waals surface area contributed by atoms with Crippen LogP contribution in [0.15, 0.2) is 60.7 Å². The predicted molar refractivity (Wildman–Crippen MR) is 84.7 cm³/mol. The van der Waals surface area contributed by atoms with Gasteiger partial charge in [0.2, 0.25) is 0 Å². The van der Waals surface area contributed by atoms with Gasteiger partial charge in [-0.1, -0.05) is 60.7 Å². The molecule has 2 aromatic carbocycles. The Kier molecular flexibility index (Phi) is 4.34. The van der Waals surface area contributed by atoms with E-state index in [1.165, 1.54) is 11.1 Å². The van der Waals surface area contributed by atoms with Gasteiger partial charge in [0.1, 0.15) is 6.23 Å². The lowest BCUT2D eigenvalue weighted by Gasteiger charge is -2.44. The van der Waals surface area contributed by atoms with Crippen molar-refractivity contribution in [3.63, 3.8) is 0 Å². The molecule has 21 heavy (non-hydrogen) atoms. The van der Waals surface area contributed by atoms with E-state index in [9.17, 15) is 5.11 Å². The maximum Gasteiger partial charge on any atom is 0.127 e. The summed E-state index contributed by atoms with van der Waals surface area (Å²) in [5, 5.41) is 10.6. The number of piperazine rings is 1. The van der Waals surface area contributed by atoms with Crippen molar-refractivity contribution in [3.8, 4) is 0 Å². The molecule has 1 saturated heterocycles. The van der Waals surface area contributed by atoms with Crippen LogP contribution in [0.1, 0.15) is 17.2 Å². The highest BCUT2D eigenvalue weighted by Gasteiger charge is 2.34. The molecule has 1 aliphatic rings. The monoisotopic (exact) mass is 282 g/mol. The van der Waals surface area contributed by atoms with Crippen LogP contribution >= 0.6 is 0 Å². The van der Waals surface area contributed by atoms with Crippen LogP contribution in [0.5, 0.6) is 0 Å². The van der Waals surface area contributed by atoms with Gasteiger partial charge in [-0.2, -0.15) is 0 Å². The first-order valence-electron chi connectivity index (χ1n) is 7.47. The van der Waals surface area contributed by atoms with Gasteiger partial charge in [0.25, 0.3) is 0 Å². The minimum Gasteiger partial charge on any atom is -0.376 e. The Hall–Kier alpha value is -1.68. The number of hydrogen-bond donors (Lipinski definition) is 1. The second-order valence-corrected chi connectivity index (χ2v) is 5.71. The zero-order valence-corrected chi connectivity index (χ0v) is 12.4. The lowest BCUT2D eigenvalue weighted by Crippen LogP contribution is -2.52. The third-order valence-electron chi connectivity index (χ3n) is 4.24. The third kappa shape index (κ3) is 3.16. The summed E-state index contributed by atoms with van der Waals surface area (Å²) in [4.78, 5) is 4.40. The summed E-state index contributed by atoms with van der Waals surface area (Å²) >= 11 is 0. The number of aliphatic hydroxyl groups is 1. The summed E-state index contributed by atoms with van der Waals surface area (Å²) in [5.41, 5.74) is 2.46. The van der Waals surface area contributed by atoms with Crippen LogP contribution < -0.4 is 0 Å². The second kappa shape index (κ2) is 6.39. The van der Waals surface area contributed by atoms with E-state index in [-0.39, 0.29) is 6.04 Å². The fourth-order valence-corrected chi connectivity index (χ4v) is 3.02. The molecular weight excluding hydrogens is 260 g/mol. The average Bonchev–Trinajstić information content (AvgIpc) is 2.53. The van der Waals surface area contributed by atoms with Gasteiger partial charge in [0, 0.05) is 19.6 Å². The molecule has 110 valence electrons. The van der Waals surface area contributed by atoms with Crippen molar-refractivity contribution < 1.29 is 5.11 Å². The van der Waals surface area contributed by atoms with Gasteiger partial charge in [-0.15, -0.1) is 0 Å². The summed E-state index contributed by atoms with van der Waals surface area (Å²) in [7, 11) is 1.99. The van der Waals surface area contributed by atoms with E-state index in [4.69, 9.17) is 0 Å². The van der Waals surface area contributed by atoms with E-state index >= 15 is 0 Å². The van der Waals surface area contributed by atoms with E-state index in [0.717, 1.165) is 19.6 Å². The van der Waals surface area contributed by atoms with Crippen LogP contribution in [0.2, 0.25) is 0 Å². The minimum absolute atomic E-state index is 0.0187. The van der Waals surface area contributed by atoms with Crippen molar-refractivity contribution in [2.45, 2.75) is 18.8 Å². The molecule has 1 heterocycles. The van der Waals surface area contributed by atoms with Crippen LogP contribution in [0.4, 0.5) is 0 Å². The normalized spacial score (nSPS) is 24.1. The lowest BCUT2D eigenvalue weighted by atomic mass is 10.00. The first-order chi connectivity index (χ1) is 10.3. The van der Waals surface area contributed by atoms with Crippen LogP contribution in [0, 0.1) is 0 Å². The topological polar surface area (TPSA) is 26.7 Å². The molecule has 0 bridgehead atoms. The van der Waals surface area contributed by atoms with E-state index < -0.39 is 6.23 Å². The summed E-state index contributed by atoms with van der Waals surface area (Å²) < 4.78 is 0. The predicted octanol–water partition coefficient (Wildman–Crippen LogP) is 2.49. The van der Waals surface area contributed by atoms with Crippen molar-refractivity contribution in [2.24, 2.45) is 0 Å². The molecule has 0 spiro atoms. The third-order valence-corrected chi connectivity index (χ3v) is 4.24. The molecule has 1 aliphatic heterocycles. The summed E-state index contributed by atoms with van der Waals surface area (Å²) in [5.74, 6) is 0. The Morgan fingerprint density at radius 2 is 1.57 bits per heavy atom. The van der Waals surface area contributed by atoms with E-state index in [1.807, 2.05) is 36.2 Å². The highest BCUT2D eigenvalue weighted by Crippen LogP contribution is 2.30. The van der Waals surface area contributed by atoms with Gasteiger partial charge in [0.15, 0.2) is 0 Å². The maximum absolute atomic E-state index is 10.6. The standard InChI is InChI=1S/C18H22N2O/c1-19-12-13-20(14-15-8-4-2-5-9-15)17(18(19)21)16-10-6-3-7-11-16/h2-11,17-18,21H,12-14H2,1H3. The summed E-state index contributed by atoms with van der Waals surface area (Å²) in [6.07, 6.45) is -0.468. The molecule has 3 nitrogen and oxygen atoms in total. The van der Waals surface area contributed by atoms with Gasteiger partial charge < -0.3 is 5.11 Å². The van der Waals surface area contributed by atoms with Crippen LogP contribution in [0.3, 0.4) is 0 Å². The number of rotatable bonds is 3. The zero-order chi connectivity index (χ0) is 14.7. The highest BCUT2D eigenvalue weighted by atomic mass is 16.3. The van der Waals surface area contributed by atoms with E-state index in [0.29, 0.717) is 0 Å². The Morgan fingerprint density at radius 1 is 0.952 bits per heavy atom. The molecule has 0 aliphatic carbocycles. The molecule has 1 fully saturated rings. The number of likely N-dealkylation sites (N-methyl/N-ethyl adjacent to an activating group) is 1. The van der Waals surface area contributed by atoms with Gasteiger partial charge in [-0.05, 0) is 18.2 Å². The molecule has 0 radical (unpaired) electrons. The molecule has 2 aromatic rings. The average molecular weight is 282 g/mol. The van der Waals surface area contributed by atoms with Gasteiger partial charge in [0.05, 0.1) is 6.04 Å². The van der Waals surface area contributed by atoms with Gasteiger partial charge >= 0.3 is 0 Å². The largest absolute Gasteiger partial charge is 0.376 e. The fourth-order valence-electron chi connectivity index (χ4n) is 3.02. The van der Waals surface area contributed by atoms with Crippen molar-refractivity contribution in [1.29, 1.82) is 0 Å². The summed E-state index contributed by atoms with van der Waals surface area (Å²) in [6.45, 7) is 2.71. The molecule has 0 amide bonds. The maximum atomic E-state index is 10.6.